The number of hydrogen-bond acceptors (Lipinski definition) is 2. The maximum absolute atomic E-state index is 11.9. The Labute approximate surface area is 89.7 Å². The summed E-state index contributed by atoms with van der Waals surface area (Å²) in [5.41, 5.74) is 1.18. The number of ketones is 1. The number of carbonyl (C=O) groups is 1. The van der Waals surface area contributed by atoms with Gasteiger partial charge in [-0.05, 0) is 37.3 Å². The average Bonchev–Trinajstić information content (AvgIpc) is 2.72. The molecule has 4 atom stereocenters. The number of fused-ring (bicyclic) bond motifs is 3. The van der Waals surface area contributed by atoms with Gasteiger partial charge in [0.25, 0.3) is 0 Å². The second-order valence-corrected chi connectivity index (χ2v) is 5.25. The molecule has 0 unspecified atom stereocenters. The third-order valence-electron chi connectivity index (χ3n) is 4.39. The van der Waals surface area contributed by atoms with Crippen LogP contribution in [0.2, 0.25) is 0 Å². The normalized spacial score (nSPS) is 47.7. The van der Waals surface area contributed by atoms with E-state index in [4.69, 9.17) is 0 Å². The molecule has 3 rings (SSSR count). The molecule has 0 aliphatic heterocycles. The summed E-state index contributed by atoms with van der Waals surface area (Å²) in [5.74, 6) is 0.594. The lowest BCUT2D eigenvalue weighted by Gasteiger charge is -2.27. The molecule has 2 heteroatoms. The molecule has 0 aromatic heterocycles. The van der Waals surface area contributed by atoms with E-state index in [0.29, 0.717) is 5.92 Å². The van der Waals surface area contributed by atoms with Gasteiger partial charge in [-0.25, -0.2) is 0 Å². The van der Waals surface area contributed by atoms with Crippen LogP contribution < -0.4 is 0 Å². The molecule has 0 heterocycles. The Balaban J connectivity index is 2.08. The van der Waals surface area contributed by atoms with Crippen LogP contribution in [-0.2, 0) is 4.79 Å². The highest BCUT2D eigenvalue weighted by atomic mass is 16.3. The van der Waals surface area contributed by atoms with Gasteiger partial charge in [0, 0.05) is 5.92 Å². The Hall–Kier alpha value is -0.890. The van der Waals surface area contributed by atoms with Crippen molar-refractivity contribution in [2.75, 3.05) is 0 Å². The van der Waals surface area contributed by atoms with Crippen LogP contribution in [0.4, 0.5) is 0 Å². The van der Waals surface area contributed by atoms with E-state index in [9.17, 15) is 9.90 Å². The molecule has 0 amide bonds. The largest absolute Gasteiger partial charge is 0.384 e. The fourth-order valence-electron chi connectivity index (χ4n) is 3.55. The summed E-state index contributed by atoms with van der Waals surface area (Å²) < 4.78 is 0. The van der Waals surface area contributed by atoms with Crippen LogP contribution in [0.15, 0.2) is 23.3 Å². The van der Waals surface area contributed by atoms with Gasteiger partial charge in [-0.2, -0.15) is 0 Å². The van der Waals surface area contributed by atoms with Crippen LogP contribution in [0.25, 0.3) is 0 Å². The lowest BCUT2D eigenvalue weighted by atomic mass is 9.84. The van der Waals surface area contributed by atoms with Crippen LogP contribution in [0, 0.1) is 17.8 Å². The Morgan fingerprint density at radius 3 is 2.93 bits per heavy atom. The molecule has 15 heavy (non-hydrogen) atoms. The molecular formula is C13H16O2. The maximum atomic E-state index is 11.9. The van der Waals surface area contributed by atoms with Crippen LogP contribution in [0.5, 0.6) is 0 Å². The third kappa shape index (κ3) is 0.957. The van der Waals surface area contributed by atoms with Crippen molar-refractivity contribution in [3.8, 4) is 0 Å². The molecule has 0 aromatic carbocycles. The molecular weight excluding hydrogens is 188 g/mol. The highest BCUT2D eigenvalue weighted by Gasteiger charge is 2.56. The first-order chi connectivity index (χ1) is 7.04. The van der Waals surface area contributed by atoms with Crippen molar-refractivity contribution in [3.63, 3.8) is 0 Å². The summed E-state index contributed by atoms with van der Waals surface area (Å²) in [6.45, 7) is 4.00. The van der Waals surface area contributed by atoms with Crippen LogP contribution in [-0.4, -0.2) is 16.5 Å². The van der Waals surface area contributed by atoms with Crippen molar-refractivity contribution >= 4 is 5.78 Å². The number of carbonyl (C=O) groups excluding carboxylic acids is 1. The minimum Gasteiger partial charge on any atom is -0.384 e. The van der Waals surface area contributed by atoms with Crippen molar-refractivity contribution in [1.29, 1.82) is 0 Å². The average molecular weight is 204 g/mol. The SMILES string of the molecule is CC1=C[C@@]2(O)[C@H](C=C3[C@H]2CC[C@@H]3C)C1=O. The Morgan fingerprint density at radius 1 is 1.47 bits per heavy atom. The van der Waals surface area contributed by atoms with Gasteiger partial charge in [-0.3, -0.25) is 4.79 Å². The van der Waals surface area contributed by atoms with Gasteiger partial charge >= 0.3 is 0 Å². The number of allylic oxidation sites excluding steroid dienone is 1. The second kappa shape index (κ2) is 2.62. The second-order valence-electron chi connectivity index (χ2n) is 5.25. The van der Waals surface area contributed by atoms with E-state index in [1.165, 1.54) is 5.57 Å². The Kier molecular flexibility index (Phi) is 1.63. The summed E-state index contributed by atoms with van der Waals surface area (Å²) in [7, 11) is 0. The van der Waals surface area contributed by atoms with Crippen molar-refractivity contribution in [2.45, 2.75) is 32.3 Å². The predicted molar refractivity (Wildman–Crippen MR) is 57.2 cm³/mol. The minimum atomic E-state index is -0.874. The van der Waals surface area contributed by atoms with Crippen LogP contribution >= 0.6 is 0 Å². The van der Waals surface area contributed by atoms with Crippen molar-refractivity contribution in [3.05, 3.63) is 23.3 Å². The van der Waals surface area contributed by atoms with Gasteiger partial charge in [0.1, 0.15) is 5.60 Å². The molecule has 0 saturated heterocycles. The topological polar surface area (TPSA) is 37.3 Å². The van der Waals surface area contributed by atoms with E-state index in [1.54, 1.807) is 6.08 Å². The van der Waals surface area contributed by atoms with E-state index in [2.05, 4.69) is 6.92 Å². The number of Topliss-reactive ketones (excluding diaryl/α,β-unsaturated/α-hetero) is 1. The summed E-state index contributed by atoms with van der Waals surface area (Å²) >= 11 is 0. The molecule has 1 N–H and O–H groups in total. The predicted octanol–water partition coefficient (Wildman–Crippen LogP) is 1.85. The Morgan fingerprint density at radius 2 is 2.20 bits per heavy atom. The van der Waals surface area contributed by atoms with Gasteiger partial charge in [-0.15, -0.1) is 0 Å². The first-order valence-electron chi connectivity index (χ1n) is 5.71. The Bertz CT molecular complexity index is 405. The molecule has 0 bridgehead atoms. The smallest absolute Gasteiger partial charge is 0.168 e. The van der Waals surface area contributed by atoms with E-state index in [1.807, 2.05) is 13.0 Å². The van der Waals surface area contributed by atoms with Gasteiger partial charge in [0.05, 0.1) is 5.92 Å². The van der Waals surface area contributed by atoms with Crippen LogP contribution in [0.1, 0.15) is 26.7 Å². The highest BCUT2D eigenvalue weighted by molar-refractivity contribution is 6.02. The monoisotopic (exact) mass is 204 g/mol. The van der Waals surface area contributed by atoms with Crippen molar-refractivity contribution in [2.24, 2.45) is 17.8 Å². The summed E-state index contributed by atoms with van der Waals surface area (Å²) in [5, 5.41) is 10.6. The number of rotatable bonds is 0. The fourth-order valence-corrected chi connectivity index (χ4v) is 3.55. The van der Waals surface area contributed by atoms with Crippen molar-refractivity contribution in [1.82, 2.24) is 0 Å². The van der Waals surface area contributed by atoms with Crippen LogP contribution in [0.3, 0.4) is 0 Å². The van der Waals surface area contributed by atoms with Gasteiger partial charge in [0.2, 0.25) is 0 Å². The highest BCUT2D eigenvalue weighted by Crippen LogP contribution is 2.54. The molecule has 3 aliphatic rings. The molecule has 1 saturated carbocycles. The third-order valence-corrected chi connectivity index (χ3v) is 4.39. The molecule has 0 spiro atoms. The molecule has 0 radical (unpaired) electrons. The zero-order valence-corrected chi connectivity index (χ0v) is 9.16. The zero-order valence-electron chi connectivity index (χ0n) is 9.16. The lowest BCUT2D eigenvalue weighted by Crippen LogP contribution is -2.37. The summed E-state index contributed by atoms with van der Waals surface area (Å²) in [6, 6.07) is 0. The minimum absolute atomic E-state index is 0.117. The van der Waals surface area contributed by atoms with E-state index < -0.39 is 5.60 Å². The summed E-state index contributed by atoms with van der Waals surface area (Å²) in [6.07, 6.45) is 6.01. The van der Waals surface area contributed by atoms with E-state index in [-0.39, 0.29) is 17.6 Å². The van der Waals surface area contributed by atoms with Gasteiger partial charge in [0.15, 0.2) is 5.78 Å². The fraction of sp³-hybridized carbons (Fsp3) is 0.615. The molecule has 80 valence electrons. The van der Waals surface area contributed by atoms with Gasteiger partial charge in [-0.1, -0.05) is 18.6 Å². The zero-order chi connectivity index (χ0) is 10.8. The van der Waals surface area contributed by atoms with E-state index >= 15 is 0 Å². The van der Waals surface area contributed by atoms with Gasteiger partial charge < -0.3 is 5.11 Å². The molecule has 2 nitrogen and oxygen atoms in total. The quantitative estimate of drug-likeness (QED) is 0.611. The molecule has 1 fully saturated rings. The molecule has 3 aliphatic carbocycles. The first-order valence-corrected chi connectivity index (χ1v) is 5.71. The standard InChI is InChI=1S/C13H16O2/c1-7-3-4-10-9(7)5-11-12(14)8(2)6-13(10,11)15/h5-7,10-11,15H,3-4H2,1-2H3/t7-,10+,11+,13-/m0/s1. The summed E-state index contributed by atoms with van der Waals surface area (Å²) in [4.78, 5) is 11.9. The van der Waals surface area contributed by atoms with Crippen molar-refractivity contribution < 1.29 is 9.90 Å². The maximum Gasteiger partial charge on any atom is 0.168 e. The first kappa shape index (κ1) is 9.34. The van der Waals surface area contributed by atoms with E-state index in [0.717, 1.165) is 18.4 Å². The number of aliphatic hydroxyl groups is 1. The molecule has 0 aromatic rings. The number of hydrogen-bond donors (Lipinski definition) is 1. The lowest BCUT2D eigenvalue weighted by molar-refractivity contribution is -0.121.